The zero-order valence-corrected chi connectivity index (χ0v) is 11.1. The summed E-state index contributed by atoms with van der Waals surface area (Å²) in [6.45, 7) is 1.97. The van der Waals surface area contributed by atoms with Crippen molar-refractivity contribution in [2.45, 2.75) is 19.8 Å². The van der Waals surface area contributed by atoms with E-state index in [4.69, 9.17) is 5.73 Å². The summed E-state index contributed by atoms with van der Waals surface area (Å²) >= 11 is 0. The third-order valence-corrected chi connectivity index (χ3v) is 3.22. The SMILES string of the molecule is Cc1ccccc1-n1nnc(C(N)=O)c1C#CC1CC1. The van der Waals surface area contributed by atoms with Crippen LogP contribution in [0, 0.1) is 24.7 Å². The maximum atomic E-state index is 11.5. The van der Waals surface area contributed by atoms with Gasteiger partial charge in [-0.25, -0.2) is 4.68 Å². The second kappa shape index (κ2) is 4.82. The molecule has 20 heavy (non-hydrogen) atoms. The minimum atomic E-state index is -0.607. The molecule has 1 fully saturated rings. The first-order valence-electron chi connectivity index (χ1n) is 6.50. The number of benzene rings is 1. The number of carbonyl (C=O) groups is 1. The van der Waals surface area contributed by atoms with Crippen LogP contribution in [0.2, 0.25) is 0 Å². The Hall–Kier alpha value is -2.61. The lowest BCUT2D eigenvalue weighted by atomic mass is 10.2. The number of amides is 1. The number of aryl methyl sites for hydroxylation is 1. The standard InChI is InChI=1S/C15H14N4O/c1-10-4-2-3-5-12(10)19-13(9-8-11-6-7-11)14(15(16)20)17-18-19/h2-5,11H,6-7H2,1H3,(H2,16,20). The number of primary amides is 1. The average molecular weight is 266 g/mol. The maximum absolute atomic E-state index is 11.5. The lowest BCUT2D eigenvalue weighted by Gasteiger charge is -2.05. The number of carbonyl (C=O) groups excluding carboxylic acids is 1. The summed E-state index contributed by atoms with van der Waals surface area (Å²) in [5.74, 6) is 5.96. The van der Waals surface area contributed by atoms with Crippen molar-refractivity contribution in [1.29, 1.82) is 0 Å². The van der Waals surface area contributed by atoms with Crippen molar-refractivity contribution in [3.63, 3.8) is 0 Å². The van der Waals surface area contributed by atoms with E-state index in [2.05, 4.69) is 22.2 Å². The molecule has 0 unspecified atom stereocenters. The number of nitrogens with two attached hydrogens (primary N) is 1. The molecule has 1 amide bonds. The fourth-order valence-corrected chi connectivity index (χ4v) is 1.93. The van der Waals surface area contributed by atoms with E-state index in [1.54, 1.807) is 4.68 Å². The van der Waals surface area contributed by atoms with E-state index in [-0.39, 0.29) is 5.69 Å². The molecule has 0 radical (unpaired) electrons. The van der Waals surface area contributed by atoms with Crippen LogP contribution in [0.5, 0.6) is 0 Å². The van der Waals surface area contributed by atoms with Crippen molar-refractivity contribution in [2.75, 3.05) is 0 Å². The fraction of sp³-hybridized carbons (Fsp3) is 0.267. The first-order chi connectivity index (χ1) is 9.66. The van der Waals surface area contributed by atoms with Crippen LogP contribution in [0.4, 0.5) is 0 Å². The number of hydrogen-bond acceptors (Lipinski definition) is 3. The van der Waals surface area contributed by atoms with Gasteiger partial charge in [-0.3, -0.25) is 4.79 Å². The summed E-state index contributed by atoms with van der Waals surface area (Å²) in [5, 5.41) is 7.90. The van der Waals surface area contributed by atoms with Crippen LogP contribution in [-0.4, -0.2) is 20.9 Å². The summed E-state index contributed by atoms with van der Waals surface area (Å²) in [6.07, 6.45) is 2.23. The van der Waals surface area contributed by atoms with Crippen molar-refractivity contribution in [2.24, 2.45) is 11.7 Å². The van der Waals surface area contributed by atoms with Gasteiger partial charge in [0, 0.05) is 5.92 Å². The average Bonchev–Trinajstić information content (AvgIpc) is 3.15. The predicted octanol–water partition coefficient (Wildman–Crippen LogP) is 1.44. The molecule has 0 saturated heterocycles. The van der Waals surface area contributed by atoms with Crippen LogP contribution in [0.3, 0.4) is 0 Å². The molecule has 5 nitrogen and oxygen atoms in total. The van der Waals surface area contributed by atoms with Crippen molar-refractivity contribution in [1.82, 2.24) is 15.0 Å². The lowest BCUT2D eigenvalue weighted by molar-refractivity contribution is 0.0995. The van der Waals surface area contributed by atoms with Gasteiger partial charge < -0.3 is 5.73 Å². The molecule has 100 valence electrons. The first-order valence-corrected chi connectivity index (χ1v) is 6.50. The zero-order chi connectivity index (χ0) is 14.1. The lowest BCUT2D eigenvalue weighted by Crippen LogP contribution is -2.14. The second-order valence-electron chi connectivity index (χ2n) is 4.89. The van der Waals surface area contributed by atoms with Crippen LogP contribution < -0.4 is 5.73 Å². The number of para-hydroxylation sites is 1. The summed E-state index contributed by atoms with van der Waals surface area (Å²) < 4.78 is 1.59. The molecule has 1 aliphatic rings. The monoisotopic (exact) mass is 266 g/mol. The molecular formula is C15H14N4O. The number of nitrogens with zero attached hydrogens (tertiary/aromatic N) is 3. The Morgan fingerprint density at radius 2 is 2.15 bits per heavy atom. The number of hydrogen-bond donors (Lipinski definition) is 1. The summed E-state index contributed by atoms with van der Waals surface area (Å²) in [6, 6.07) is 7.74. The van der Waals surface area contributed by atoms with Gasteiger partial charge in [0.05, 0.1) is 5.69 Å². The summed E-state index contributed by atoms with van der Waals surface area (Å²) in [7, 11) is 0. The van der Waals surface area contributed by atoms with Crippen LogP contribution in [0.25, 0.3) is 5.69 Å². The van der Waals surface area contributed by atoms with Gasteiger partial charge in [0.15, 0.2) is 5.69 Å². The fourth-order valence-electron chi connectivity index (χ4n) is 1.93. The molecule has 1 aliphatic carbocycles. The van der Waals surface area contributed by atoms with Crippen molar-refractivity contribution < 1.29 is 4.79 Å². The summed E-state index contributed by atoms with van der Waals surface area (Å²) in [5.41, 5.74) is 7.83. The predicted molar refractivity (Wildman–Crippen MR) is 74.2 cm³/mol. The smallest absolute Gasteiger partial charge is 0.272 e. The molecule has 1 aromatic carbocycles. The first kappa shape index (κ1) is 12.4. The minimum Gasteiger partial charge on any atom is -0.364 e. The van der Waals surface area contributed by atoms with Gasteiger partial charge in [-0.05, 0) is 37.3 Å². The van der Waals surface area contributed by atoms with Gasteiger partial charge in [0.25, 0.3) is 5.91 Å². The minimum absolute atomic E-state index is 0.126. The molecule has 1 saturated carbocycles. The molecular weight excluding hydrogens is 252 g/mol. The second-order valence-corrected chi connectivity index (χ2v) is 4.89. The van der Waals surface area contributed by atoms with E-state index in [0.717, 1.165) is 24.1 Å². The third-order valence-electron chi connectivity index (χ3n) is 3.22. The van der Waals surface area contributed by atoms with Crippen LogP contribution >= 0.6 is 0 Å². The Kier molecular flexibility index (Phi) is 2.99. The highest BCUT2D eigenvalue weighted by molar-refractivity contribution is 5.93. The Morgan fingerprint density at radius 3 is 2.80 bits per heavy atom. The number of rotatable bonds is 2. The topological polar surface area (TPSA) is 73.8 Å². The van der Waals surface area contributed by atoms with Gasteiger partial charge in [0.1, 0.15) is 5.69 Å². The Labute approximate surface area is 116 Å². The van der Waals surface area contributed by atoms with Crippen LogP contribution in [0.15, 0.2) is 24.3 Å². The molecule has 0 bridgehead atoms. The Balaban J connectivity index is 2.14. The van der Waals surface area contributed by atoms with E-state index in [9.17, 15) is 4.79 Å². The Bertz CT molecular complexity index is 732. The van der Waals surface area contributed by atoms with Gasteiger partial charge in [-0.15, -0.1) is 5.10 Å². The molecule has 2 aromatic rings. The number of aromatic nitrogens is 3. The maximum Gasteiger partial charge on any atom is 0.272 e. The molecule has 0 atom stereocenters. The van der Waals surface area contributed by atoms with Gasteiger partial charge in [0.2, 0.25) is 0 Å². The third kappa shape index (κ3) is 2.28. The highest BCUT2D eigenvalue weighted by Crippen LogP contribution is 2.27. The molecule has 5 heteroatoms. The van der Waals surface area contributed by atoms with Gasteiger partial charge >= 0.3 is 0 Å². The molecule has 1 aromatic heterocycles. The zero-order valence-electron chi connectivity index (χ0n) is 11.1. The summed E-state index contributed by atoms with van der Waals surface area (Å²) in [4.78, 5) is 11.5. The quantitative estimate of drug-likeness (QED) is 0.836. The van der Waals surface area contributed by atoms with Gasteiger partial charge in [-0.1, -0.05) is 29.3 Å². The molecule has 1 heterocycles. The van der Waals surface area contributed by atoms with E-state index < -0.39 is 5.91 Å². The van der Waals surface area contributed by atoms with E-state index in [1.165, 1.54) is 0 Å². The van der Waals surface area contributed by atoms with Gasteiger partial charge in [-0.2, -0.15) is 0 Å². The van der Waals surface area contributed by atoms with Crippen LogP contribution in [0.1, 0.15) is 34.6 Å². The highest BCUT2D eigenvalue weighted by atomic mass is 16.1. The highest BCUT2D eigenvalue weighted by Gasteiger charge is 2.21. The molecule has 2 N–H and O–H groups in total. The van der Waals surface area contributed by atoms with Crippen LogP contribution in [-0.2, 0) is 0 Å². The van der Waals surface area contributed by atoms with E-state index in [0.29, 0.717) is 11.6 Å². The Morgan fingerprint density at radius 1 is 1.40 bits per heavy atom. The van der Waals surface area contributed by atoms with Crippen molar-refractivity contribution >= 4 is 5.91 Å². The van der Waals surface area contributed by atoms with E-state index >= 15 is 0 Å². The molecule has 3 rings (SSSR count). The van der Waals surface area contributed by atoms with Crippen molar-refractivity contribution in [3.05, 3.63) is 41.2 Å². The molecule has 0 aliphatic heterocycles. The largest absolute Gasteiger partial charge is 0.364 e. The normalized spacial score (nSPS) is 13.7. The van der Waals surface area contributed by atoms with E-state index in [1.807, 2.05) is 31.2 Å². The van der Waals surface area contributed by atoms with Crippen molar-refractivity contribution in [3.8, 4) is 17.5 Å². The molecule has 0 spiro atoms.